The van der Waals surface area contributed by atoms with Gasteiger partial charge in [0.05, 0.1) is 6.54 Å². The third-order valence-electron chi connectivity index (χ3n) is 3.38. The Labute approximate surface area is 121 Å². The topological polar surface area (TPSA) is 46.2 Å². The molecule has 1 saturated carbocycles. The summed E-state index contributed by atoms with van der Waals surface area (Å²) < 4.78 is 0. The predicted octanol–water partition coefficient (Wildman–Crippen LogP) is 3.74. The van der Waals surface area contributed by atoms with Crippen molar-refractivity contribution in [3.63, 3.8) is 0 Å². The zero-order valence-corrected chi connectivity index (χ0v) is 12.4. The fourth-order valence-corrected chi connectivity index (χ4v) is 2.06. The van der Waals surface area contributed by atoms with Crippen LogP contribution in [0.5, 0.6) is 0 Å². The van der Waals surface area contributed by atoms with E-state index >= 15 is 0 Å². The van der Waals surface area contributed by atoms with Crippen molar-refractivity contribution in [2.24, 2.45) is 0 Å². The molecule has 1 aromatic carbocycles. The van der Waals surface area contributed by atoms with Gasteiger partial charge in [-0.3, -0.25) is 9.59 Å². The van der Waals surface area contributed by atoms with Crippen LogP contribution in [0, 0.1) is 0 Å². The van der Waals surface area contributed by atoms with Gasteiger partial charge in [0.15, 0.2) is 5.78 Å². The molecule has 0 saturated heterocycles. The molecule has 3 nitrogen and oxygen atoms in total. The number of rotatable bonds is 4. The van der Waals surface area contributed by atoms with Crippen LogP contribution < -0.4 is 5.32 Å². The van der Waals surface area contributed by atoms with Crippen LogP contribution in [0.15, 0.2) is 30.3 Å². The van der Waals surface area contributed by atoms with E-state index in [0.717, 1.165) is 0 Å². The fourth-order valence-electron chi connectivity index (χ4n) is 2.06. The van der Waals surface area contributed by atoms with Crippen LogP contribution >= 0.6 is 0 Å². The molecule has 0 unspecified atom stereocenters. The minimum absolute atomic E-state index is 0.0364. The summed E-state index contributed by atoms with van der Waals surface area (Å²) in [5.41, 5.74) is 0.580. The summed E-state index contributed by atoms with van der Waals surface area (Å²) in [6, 6.07) is 8.85. The summed E-state index contributed by atoms with van der Waals surface area (Å²) in [4.78, 5) is 22.3. The Balaban J connectivity index is 0.000000276. The minimum Gasteiger partial charge on any atom is -0.345 e. The van der Waals surface area contributed by atoms with E-state index in [0.29, 0.717) is 12.0 Å². The number of hydrogen-bond donors (Lipinski definition) is 1. The lowest BCUT2D eigenvalue weighted by Crippen LogP contribution is -2.28. The van der Waals surface area contributed by atoms with Crippen LogP contribution in [0.4, 0.5) is 0 Å². The van der Waals surface area contributed by atoms with Gasteiger partial charge in [-0.25, -0.2) is 0 Å². The third-order valence-corrected chi connectivity index (χ3v) is 3.38. The van der Waals surface area contributed by atoms with Gasteiger partial charge in [-0.15, -0.1) is 0 Å². The normalized spacial score (nSPS) is 13.8. The van der Waals surface area contributed by atoms with Crippen LogP contribution in [0.2, 0.25) is 0 Å². The van der Waals surface area contributed by atoms with Gasteiger partial charge in [-0.2, -0.15) is 0 Å². The first-order chi connectivity index (χ1) is 9.74. The zero-order chi connectivity index (χ0) is 14.6. The molecule has 20 heavy (non-hydrogen) atoms. The molecule has 1 aliphatic carbocycles. The highest BCUT2D eigenvalue weighted by Gasteiger charge is 2.05. The van der Waals surface area contributed by atoms with E-state index in [1.165, 1.54) is 38.5 Å². The van der Waals surface area contributed by atoms with Crippen LogP contribution in [-0.2, 0) is 4.79 Å². The van der Waals surface area contributed by atoms with Gasteiger partial charge in [0, 0.05) is 12.0 Å². The Morgan fingerprint density at radius 3 is 1.90 bits per heavy atom. The second-order valence-corrected chi connectivity index (χ2v) is 5.06. The van der Waals surface area contributed by atoms with Crippen LogP contribution in [0.3, 0.4) is 0 Å². The maximum Gasteiger partial charge on any atom is 0.251 e. The van der Waals surface area contributed by atoms with Gasteiger partial charge in [-0.05, 0) is 12.1 Å². The smallest absolute Gasteiger partial charge is 0.251 e. The zero-order valence-electron chi connectivity index (χ0n) is 12.4. The van der Waals surface area contributed by atoms with Crippen molar-refractivity contribution < 1.29 is 9.59 Å². The lowest BCUT2D eigenvalue weighted by molar-refractivity contribution is -0.117. The number of hydrogen-bond acceptors (Lipinski definition) is 2. The molecule has 0 aromatic heterocycles. The molecule has 1 aromatic rings. The van der Waals surface area contributed by atoms with E-state index < -0.39 is 0 Å². The van der Waals surface area contributed by atoms with E-state index in [9.17, 15) is 9.59 Å². The first-order valence-corrected chi connectivity index (χ1v) is 7.59. The van der Waals surface area contributed by atoms with Gasteiger partial charge in [0.1, 0.15) is 0 Å². The molecule has 3 heteroatoms. The summed E-state index contributed by atoms with van der Waals surface area (Å²) in [6.45, 7) is 1.89. The fraction of sp³-hybridized carbons (Fsp3) is 0.529. The predicted molar refractivity (Wildman–Crippen MR) is 81.8 cm³/mol. The van der Waals surface area contributed by atoms with Gasteiger partial charge in [0.2, 0.25) is 0 Å². The minimum atomic E-state index is -0.201. The molecule has 1 fully saturated rings. The largest absolute Gasteiger partial charge is 0.345 e. The number of amides is 1. The van der Waals surface area contributed by atoms with Crippen LogP contribution in [-0.4, -0.2) is 18.2 Å². The molecule has 0 spiro atoms. The van der Waals surface area contributed by atoms with Gasteiger partial charge >= 0.3 is 0 Å². The number of carbonyl (C=O) groups is 2. The highest BCUT2D eigenvalue weighted by Crippen LogP contribution is 2.15. The number of carbonyl (C=O) groups excluding carboxylic acids is 2. The molecule has 110 valence electrons. The maximum absolute atomic E-state index is 11.4. The van der Waals surface area contributed by atoms with E-state index in [-0.39, 0.29) is 18.2 Å². The first-order valence-electron chi connectivity index (χ1n) is 7.59. The molecule has 2 rings (SSSR count). The second kappa shape index (κ2) is 10.2. The number of Topliss-reactive ketones (excluding diaryl/α,β-unsaturated/α-hetero) is 1. The van der Waals surface area contributed by atoms with Crippen LogP contribution in [0.1, 0.15) is 62.2 Å². The molecule has 1 N–H and O–H groups in total. The number of ketones is 1. The Morgan fingerprint density at radius 1 is 0.950 bits per heavy atom. The van der Waals surface area contributed by atoms with E-state index in [1.54, 1.807) is 31.2 Å². The van der Waals surface area contributed by atoms with E-state index in [1.807, 2.05) is 6.07 Å². The van der Waals surface area contributed by atoms with Crippen LogP contribution in [0.25, 0.3) is 0 Å². The Kier molecular flexibility index (Phi) is 8.36. The molecule has 0 radical (unpaired) electrons. The summed E-state index contributed by atoms with van der Waals surface area (Å²) in [6.07, 6.45) is 9.45. The van der Waals surface area contributed by atoms with Crippen molar-refractivity contribution in [1.82, 2.24) is 5.32 Å². The van der Waals surface area contributed by atoms with Crippen molar-refractivity contribution >= 4 is 11.7 Å². The standard InChI is InChI=1S/C11H13NO2.C6H12/c1-2-10(13)8-12-11(14)9-6-4-3-5-7-9;1-2-4-6-5-3-1/h3-7H,2,8H2,1H3,(H,12,14);1-6H2. The summed E-state index contributed by atoms with van der Waals surface area (Å²) >= 11 is 0. The molecular formula is C17H25NO2. The molecule has 1 aliphatic rings. The highest BCUT2D eigenvalue weighted by molar-refractivity contribution is 5.96. The lowest BCUT2D eigenvalue weighted by Gasteiger charge is -2.05. The first kappa shape index (κ1) is 16.4. The van der Waals surface area contributed by atoms with Crippen molar-refractivity contribution in [3.05, 3.63) is 35.9 Å². The molecular weight excluding hydrogens is 250 g/mol. The van der Waals surface area contributed by atoms with Gasteiger partial charge in [0.25, 0.3) is 5.91 Å². The molecule has 1 amide bonds. The Morgan fingerprint density at radius 2 is 1.45 bits per heavy atom. The SMILES string of the molecule is C1CCCCC1.CCC(=O)CNC(=O)c1ccccc1. The molecule has 0 aliphatic heterocycles. The maximum atomic E-state index is 11.4. The monoisotopic (exact) mass is 275 g/mol. The van der Waals surface area contributed by atoms with Gasteiger partial charge in [-0.1, -0.05) is 63.6 Å². The van der Waals surface area contributed by atoms with E-state index in [2.05, 4.69) is 5.32 Å². The average Bonchev–Trinajstić information content (AvgIpc) is 2.55. The molecule has 0 bridgehead atoms. The summed E-state index contributed by atoms with van der Waals surface area (Å²) in [5, 5.41) is 2.56. The molecule has 0 heterocycles. The Bertz CT molecular complexity index is 385. The number of benzene rings is 1. The van der Waals surface area contributed by atoms with Crippen molar-refractivity contribution in [1.29, 1.82) is 0 Å². The third kappa shape index (κ3) is 7.07. The summed E-state index contributed by atoms with van der Waals surface area (Å²) in [5.74, 6) is -0.165. The van der Waals surface area contributed by atoms with Crippen molar-refractivity contribution in [2.45, 2.75) is 51.9 Å². The molecule has 0 atom stereocenters. The lowest BCUT2D eigenvalue weighted by atomic mass is 10.0. The summed E-state index contributed by atoms with van der Waals surface area (Å²) in [7, 11) is 0. The second-order valence-electron chi connectivity index (χ2n) is 5.06. The average molecular weight is 275 g/mol. The van der Waals surface area contributed by atoms with Gasteiger partial charge < -0.3 is 5.32 Å². The van der Waals surface area contributed by atoms with Crippen molar-refractivity contribution in [3.8, 4) is 0 Å². The Hall–Kier alpha value is -1.64. The number of nitrogens with one attached hydrogen (secondary N) is 1. The highest BCUT2D eigenvalue weighted by atomic mass is 16.2. The van der Waals surface area contributed by atoms with Crippen molar-refractivity contribution in [2.75, 3.05) is 6.54 Å². The van der Waals surface area contributed by atoms with E-state index in [4.69, 9.17) is 0 Å². The quantitative estimate of drug-likeness (QED) is 0.910.